The number of nitrogens with zero attached hydrogens (tertiary/aromatic N) is 1. The third-order valence-corrected chi connectivity index (χ3v) is 4.82. The molecule has 4 rings (SSSR count). The van der Waals surface area contributed by atoms with Gasteiger partial charge in [0.25, 0.3) is 5.91 Å². The largest absolute Gasteiger partial charge is 0.459 e. The molecule has 0 aliphatic rings. The molecule has 132 valence electrons. The lowest BCUT2D eigenvalue weighted by molar-refractivity contribution is 0.0941. The number of hydrogen-bond donors (Lipinski definition) is 1. The Bertz CT molecular complexity index is 1130. The first-order valence-corrected chi connectivity index (χ1v) is 9.06. The van der Waals surface area contributed by atoms with Crippen LogP contribution in [-0.2, 0) is 13.0 Å². The van der Waals surface area contributed by atoms with Crippen LogP contribution in [0.4, 0.5) is 0 Å². The molecule has 0 unspecified atom stereocenters. The first-order chi connectivity index (χ1) is 12.5. The van der Waals surface area contributed by atoms with Crippen LogP contribution in [0.1, 0.15) is 28.7 Å². The molecule has 4 nitrogen and oxygen atoms in total. The van der Waals surface area contributed by atoms with E-state index in [-0.39, 0.29) is 5.91 Å². The van der Waals surface area contributed by atoms with Crippen molar-refractivity contribution in [3.05, 3.63) is 75.7 Å². The summed E-state index contributed by atoms with van der Waals surface area (Å²) in [6.45, 7) is 2.32. The van der Waals surface area contributed by atoms with Crippen molar-refractivity contribution in [2.24, 2.45) is 0 Å². The minimum absolute atomic E-state index is 0.164. The highest BCUT2D eigenvalue weighted by Crippen LogP contribution is 2.24. The van der Waals surface area contributed by atoms with Gasteiger partial charge in [-0.2, -0.15) is 0 Å². The summed E-state index contributed by atoms with van der Waals surface area (Å²) in [5, 5.41) is 5.08. The van der Waals surface area contributed by atoms with Gasteiger partial charge in [-0.25, -0.2) is 0 Å². The number of fused-ring (bicyclic) bond motifs is 2. The average Bonchev–Trinajstić information content (AvgIpc) is 3.19. The summed E-state index contributed by atoms with van der Waals surface area (Å²) in [5.41, 5.74) is 3.26. The average molecular weight is 387 g/mol. The number of hydrogen-bond acceptors (Lipinski definition) is 2. The smallest absolute Gasteiger partial charge is 0.268 e. The molecule has 26 heavy (non-hydrogen) atoms. The van der Waals surface area contributed by atoms with Gasteiger partial charge < -0.3 is 14.1 Å². The summed E-state index contributed by atoms with van der Waals surface area (Å²) >= 11 is 12.1. The summed E-state index contributed by atoms with van der Waals surface area (Å²) < 4.78 is 7.58. The minimum Gasteiger partial charge on any atom is -0.459 e. The predicted molar refractivity (Wildman–Crippen MR) is 104 cm³/mol. The molecular formula is C20H16Cl2N2O2. The fourth-order valence-electron chi connectivity index (χ4n) is 3.13. The van der Waals surface area contributed by atoms with Gasteiger partial charge in [-0.15, -0.1) is 0 Å². The van der Waals surface area contributed by atoms with Gasteiger partial charge in [0.2, 0.25) is 0 Å². The van der Waals surface area contributed by atoms with E-state index in [9.17, 15) is 4.79 Å². The fourth-order valence-corrected chi connectivity index (χ4v) is 3.47. The summed E-state index contributed by atoms with van der Waals surface area (Å²) in [7, 11) is 0. The van der Waals surface area contributed by atoms with Crippen LogP contribution in [0.3, 0.4) is 0 Å². The van der Waals surface area contributed by atoms with Crippen LogP contribution in [0, 0.1) is 0 Å². The van der Waals surface area contributed by atoms with E-state index in [0.717, 1.165) is 28.5 Å². The third kappa shape index (κ3) is 3.06. The Morgan fingerprint density at radius 2 is 1.92 bits per heavy atom. The van der Waals surface area contributed by atoms with Crippen molar-refractivity contribution in [3.63, 3.8) is 0 Å². The number of rotatable bonds is 4. The quantitative estimate of drug-likeness (QED) is 0.504. The van der Waals surface area contributed by atoms with E-state index >= 15 is 0 Å². The molecule has 0 aliphatic heterocycles. The van der Waals surface area contributed by atoms with E-state index in [4.69, 9.17) is 27.6 Å². The van der Waals surface area contributed by atoms with Crippen molar-refractivity contribution in [1.29, 1.82) is 0 Å². The molecule has 0 atom stereocenters. The highest BCUT2D eigenvalue weighted by Gasteiger charge is 2.17. The zero-order valence-corrected chi connectivity index (χ0v) is 15.6. The van der Waals surface area contributed by atoms with E-state index in [2.05, 4.69) is 5.32 Å². The third-order valence-electron chi connectivity index (χ3n) is 4.36. The van der Waals surface area contributed by atoms with Crippen molar-refractivity contribution in [1.82, 2.24) is 9.72 Å². The lowest BCUT2D eigenvalue weighted by Crippen LogP contribution is -2.25. The molecule has 3 aromatic heterocycles. The van der Waals surface area contributed by atoms with Crippen LogP contribution in [0.25, 0.3) is 16.5 Å². The van der Waals surface area contributed by atoms with Crippen molar-refractivity contribution in [2.45, 2.75) is 19.9 Å². The molecule has 0 spiro atoms. The maximum atomic E-state index is 12.8. The number of pyridine rings is 1. The van der Waals surface area contributed by atoms with Crippen molar-refractivity contribution < 1.29 is 9.21 Å². The second kappa shape index (κ2) is 6.71. The maximum Gasteiger partial charge on any atom is 0.268 e. The van der Waals surface area contributed by atoms with Gasteiger partial charge >= 0.3 is 0 Å². The van der Waals surface area contributed by atoms with E-state index in [1.807, 2.05) is 47.7 Å². The van der Waals surface area contributed by atoms with E-state index < -0.39 is 0 Å². The summed E-state index contributed by atoms with van der Waals surface area (Å²) in [4.78, 5) is 12.8. The van der Waals surface area contributed by atoms with Gasteiger partial charge in [-0.1, -0.05) is 30.1 Å². The van der Waals surface area contributed by atoms with Gasteiger partial charge in [0.05, 0.1) is 11.6 Å². The molecule has 0 radical (unpaired) electrons. The van der Waals surface area contributed by atoms with E-state index in [1.165, 1.54) is 0 Å². The Balaban J connectivity index is 1.61. The normalized spacial score (nSPS) is 11.3. The summed E-state index contributed by atoms with van der Waals surface area (Å²) in [6, 6.07) is 13.0. The molecule has 0 aliphatic carbocycles. The molecule has 0 saturated carbocycles. The molecule has 6 heteroatoms. The second-order valence-corrected chi connectivity index (χ2v) is 6.96. The molecule has 4 aromatic rings. The molecule has 1 amide bonds. The number of carbonyl (C=O) groups is 1. The SMILES string of the molecule is CCc1cc2ccc(Cl)cn2c1C(=O)NCc1cc2cc(Cl)ccc2o1. The summed E-state index contributed by atoms with van der Waals surface area (Å²) in [6.07, 6.45) is 2.51. The topological polar surface area (TPSA) is 46.6 Å². The summed E-state index contributed by atoms with van der Waals surface area (Å²) in [5.74, 6) is 0.509. The van der Waals surface area contributed by atoms with Crippen molar-refractivity contribution >= 4 is 45.6 Å². The van der Waals surface area contributed by atoms with Gasteiger partial charge in [-0.05, 0) is 54.4 Å². The van der Waals surface area contributed by atoms with Gasteiger partial charge in [-0.3, -0.25) is 4.79 Å². The minimum atomic E-state index is -0.164. The van der Waals surface area contributed by atoms with Crippen LogP contribution < -0.4 is 5.32 Å². The standard InChI is InChI=1S/C20H16Cl2N2O2/c1-2-12-8-16-5-3-15(22)11-24(16)19(12)20(25)23-10-17-9-13-7-14(21)4-6-18(13)26-17/h3-9,11H,2,10H2,1H3,(H,23,25). The maximum absolute atomic E-state index is 12.8. The van der Waals surface area contributed by atoms with Crippen LogP contribution in [0.15, 0.2) is 53.1 Å². The molecule has 0 saturated heterocycles. The number of aromatic nitrogens is 1. The molecule has 0 fully saturated rings. The Hall–Kier alpha value is -2.43. The highest BCUT2D eigenvalue weighted by molar-refractivity contribution is 6.31. The lowest BCUT2D eigenvalue weighted by Gasteiger charge is -2.07. The number of carbonyl (C=O) groups excluding carboxylic acids is 1. The molecular weight excluding hydrogens is 371 g/mol. The van der Waals surface area contributed by atoms with E-state index in [1.54, 1.807) is 12.3 Å². The monoisotopic (exact) mass is 386 g/mol. The van der Waals surface area contributed by atoms with E-state index in [0.29, 0.717) is 28.0 Å². The van der Waals surface area contributed by atoms with Crippen molar-refractivity contribution in [2.75, 3.05) is 0 Å². The van der Waals surface area contributed by atoms with Crippen LogP contribution in [-0.4, -0.2) is 10.3 Å². The second-order valence-electron chi connectivity index (χ2n) is 6.09. The zero-order chi connectivity index (χ0) is 18.3. The predicted octanol–water partition coefficient (Wildman–Crippen LogP) is 5.48. The Morgan fingerprint density at radius 3 is 2.73 bits per heavy atom. The van der Waals surface area contributed by atoms with Crippen LogP contribution >= 0.6 is 23.2 Å². The lowest BCUT2D eigenvalue weighted by atomic mass is 10.2. The van der Waals surface area contributed by atoms with Crippen LogP contribution in [0.2, 0.25) is 10.0 Å². The molecule has 0 bridgehead atoms. The molecule has 1 N–H and O–H groups in total. The first kappa shape index (κ1) is 17.0. The van der Waals surface area contributed by atoms with Crippen LogP contribution in [0.5, 0.6) is 0 Å². The van der Waals surface area contributed by atoms with Crippen molar-refractivity contribution in [3.8, 4) is 0 Å². The highest BCUT2D eigenvalue weighted by atomic mass is 35.5. The zero-order valence-electron chi connectivity index (χ0n) is 14.1. The number of aryl methyl sites for hydroxylation is 1. The number of amides is 1. The number of benzene rings is 1. The van der Waals surface area contributed by atoms with Gasteiger partial charge in [0.1, 0.15) is 17.0 Å². The number of furan rings is 1. The fraction of sp³-hybridized carbons (Fsp3) is 0.150. The van der Waals surface area contributed by atoms with Gasteiger partial charge in [0, 0.05) is 22.1 Å². The Kier molecular flexibility index (Phi) is 4.39. The Morgan fingerprint density at radius 1 is 1.12 bits per heavy atom. The number of halogens is 2. The number of nitrogens with one attached hydrogen (secondary N) is 1. The first-order valence-electron chi connectivity index (χ1n) is 8.31. The molecule has 3 heterocycles. The Labute approximate surface area is 160 Å². The molecule has 1 aromatic carbocycles. The van der Waals surface area contributed by atoms with Gasteiger partial charge in [0.15, 0.2) is 0 Å².